The molecular formula is C15H30N2. The van der Waals surface area contributed by atoms with Crippen molar-refractivity contribution in [3.05, 3.63) is 0 Å². The van der Waals surface area contributed by atoms with Gasteiger partial charge in [0.05, 0.1) is 0 Å². The molecule has 1 spiro atoms. The summed E-state index contributed by atoms with van der Waals surface area (Å²) in [4.78, 5) is 2.81. The molecule has 0 aromatic heterocycles. The molecule has 0 amide bonds. The van der Waals surface area contributed by atoms with Crippen LogP contribution in [-0.4, -0.2) is 35.6 Å². The van der Waals surface area contributed by atoms with Gasteiger partial charge in [-0.1, -0.05) is 33.1 Å². The maximum absolute atomic E-state index is 3.90. The van der Waals surface area contributed by atoms with Crippen molar-refractivity contribution in [3.63, 3.8) is 0 Å². The van der Waals surface area contributed by atoms with Crippen LogP contribution in [0, 0.1) is 0 Å². The lowest BCUT2D eigenvalue weighted by Crippen LogP contribution is -2.64. The Labute approximate surface area is 107 Å². The summed E-state index contributed by atoms with van der Waals surface area (Å²) in [5, 5.41) is 3.90. The van der Waals surface area contributed by atoms with E-state index >= 15 is 0 Å². The van der Waals surface area contributed by atoms with E-state index in [4.69, 9.17) is 0 Å². The summed E-state index contributed by atoms with van der Waals surface area (Å²) >= 11 is 0. The van der Waals surface area contributed by atoms with Gasteiger partial charge in [0.15, 0.2) is 0 Å². The molecule has 0 aromatic carbocycles. The van der Waals surface area contributed by atoms with E-state index in [-0.39, 0.29) is 0 Å². The number of piperazine rings is 1. The SMILES string of the molecule is CCCC1CNC2(CCCC2)CN1C(C)CC. The van der Waals surface area contributed by atoms with Crippen molar-refractivity contribution >= 4 is 0 Å². The van der Waals surface area contributed by atoms with Crippen LogP contribution in [0.5, 0.6) is 0 Å². The van der Waals surface area contributed by atoms with Gasteiger partial charge in [-0.15, -0.1) is 0 Å². The van der Waals surface area contributed by atoms with E-state index in [1.54, 1.807) is 0 Å². The van der Waals surface area contributed by atoms with Crippen molar-refractivity contribution in [2.45, 2.75) is 83.3 Å². The second-order valence-corrected chi connectivity index (χ2v) is 6.24. The van der Waals surface area contributed by atoms with E-state index in [2.05, 4.69) is 31.0 Å². The molecule has 1 saturated carbocycles. The predicted molar refractivity (Wildman–Crippen MR) is 74.4 cm³/mol. The molecule has 2 aliphatic rings. The van der Waals surface area contributed by atoms with Crippen molar-refractivity contribution in [1.82, 2.24) is 10.2 Å². The summed E-state index contributed by atoms with van der Waals surface area (Å²) in [7, 11) is 0. The second kappa shape index (κ2) is 5.71. The summed E-state index contributed by atoms with van der Waals surface area (Å²) in [6.07, 6.45) is 9.62. The lowest BCUT2D eigenvalue weighted by Gasteiger charge is -2.49. The van der Waals surface area contributed by atoms with Gasteiger partial charge >= 0.3 is 0 Å². The lowest BCUT2D eigenvalue weighted by molar-refractivity contribution is 0.0429. The van der Waals surface area contributed by atoms with Gasteiger partial charge in [-0.3, -0.25) is 4.90 Å². The number of rotatable bonds is 4. The third-order valence-corrected chi connectivity index (χ3v) is 5.01. The Balaban J connectivity index is 2.03. The Hall–Kier alpha value is -0.0800. The topological polar surface area (TPSA) is 15.3 Å². The van der Waals surface area contributed by atoms with Crippen LogP contribution in [0.4, 0.5) is 0 Å². The third kappa shape index (κ3) is 2.85. The normalized spacial score (nSPS) is 30.9. The highest BCUT2D eigenvalue weighted by atomic mass is 15.3. The van der Waals surface area contributed by atoms with Crippen molar-refractivity contribution in [2.24, 2.45) is 0 Å². The Morgan fingerprint density at radius 3 is 2.59 bits per heavy atom. The standard InChI is InChI=1S/C15H30N2/c1-4-8-14-11-16-15(9-6-7-10-15)12-17(14)13(3)5-2/h13-14,16H,4-12H2,1-3H3. The van der Waals surface area contributed by atoms with E-state index in [1.165, 1.54) is 58.0 Å². The van der Waals surface area contributed by atoms with E-state index < -0.39 is 0 Å². The molecule has 100 valence electrons. The fourth-order valence-corrected chi connectivity index (χ4v) is 3.72. The molecular weight excluding hydrogens is 208 g/mol. The fraction of sp³-hybridized carbons (Fsp3) is 1.00. The van der Waals surface area contributed by atoms with Crippen LogP contribution < -0.4 is 5.32 Å². The molecule has 1 heterocycles. The number of nitrogens with one attached hydrogen (secondary N) is 1. The van der Waals surface area contributed by atoms with Crippen molar-refractivity contribution in [1.29, 1.82) is 0 Å². The predicted octanol–water partition coefficient (Wildman–Crippen LogP) is 3.17. The first-order valence-electron chi connectivity index (χ1n) is 7.71. The first kappa shape index (κ1) is 13.4. The van der Waals surface area contributed by atoms with E-state index in [0.29, 0.717) is 5.54 Å². The quantitative estimate of drug-likeness (QED) is 0.809. The van der Waals surface area contributed by atoms with Crippen molar-refractivity contribution in [3.8, 4) is 0 Å². The molecule has 17 heavy (non-hydrogen) atoms. The van der Waals surface area contributed by atoms with Gasteiger partial charge in [0.1, 0.15) is 0 Å². The highest BCUT2D eigenvalue weighted by Gasteiger charge is 2.41. The van der Waals surface area contributed by atoms with Gasteiger partial charge < -0.3 is 5.32 Å². The zero-order valence-corrected chi connectivity index (χ0v) is 12.0. The number of nitrogens with zero attached hydrogens (tertiary/aromatic N) is 1. The molecule has 1 aliphatic carbocycles. The Morgan fingerprint density at radius 1 is 1.29 bits per heavy atom. The highest BCUT2D eigenvalue weighted by molar-refractivity contribution is 5.01. The van der Waals surface area contributed by atoms with Gasteiger partial charge in [0.25, 0.3) is 0 Å². The Bertz CT molecular complexity index is 233. The highest BCUT2D eigenvalue weighted by Crippen LogP contribution is 2.34. The first-order chi connectivity index (χ1) is 8.21. The molecule has 2 nitrogen and oxygen atoms in total. The summed E-state index contributed by atoms with van der Waals surface area (Å²) in [6, 6.07) is 1.53. The summed E-state index contributed by atoms with van der Waals surface area (Å²) in [6.45, 7) is 9.58. The van der Waals surface area contributed by atoms with E-state index in [0.717, 1.165) is 12.1 Å². The number of hydrogen-bond acceptors (Lipinski definition) is 2. The van der Waals surface area contributed by atoms with E-state index in [1.807, 2.05) is 0 Å². The molecule has 0 aromatic rings. The third-order valence-electron chi connectivity index (χ3n) is 5.01. The summed E-state index contributed by atoms with van der Waals surface area (Å²) in [5.41, 5.74) is 0.480. The van der Waals surface area contributed by atoms with Crippen LogP contribution in [0.2, 0.25) is 0 Å². The number of hydrogen-bond donors (Lipinski definition) is 1. The lowest BCUT2D eigenvalue weighted by atomic mass is 9.90. The van der Waals surface area contributed by atoms with Gasteiger partial charge in [-0.25, -0.2) is 0 Å². The molecule has 2 heteroatoms. The largest absolute Gasteiger partial charge is 0.308 e. The van der Waals surface area contributed by atoms with Gasteiger partial charge in [-0.05, 0) is 32.6 Å². The monoisotopic (exact) mass is 238 g/mol. The Morgan fingerprint density at radius 2 is 2.00 bits per heavy atom. The molecule has 2 unspecified atom stereocenters. The minimum atomic E-state index is 0.480. The molecule has 1 aliphatic heterocycles. The zero-order chi connectivity index (χ0) is 12.3. The minimum absolute atomic E-state index is 0.480. The summed E-state index contributed by atoms with van der Waals surface area (Å²) < 4.78 is 0. The molecule has 2 fully saturated rings. The molecule has 2 rings (SSSR count). The average Bonchev–Trinajstić information content (AvgIpc) is 2.79. The van der Waals surface area contributed by atoms with Crippen LogP contribution in [0.1, 0.15) is 65.7 Å². The smallest absolute Gasteiger partial charge is 0.0309 e. The molecule has 0 radical (unpaired) electrons. The minimum Gasteiger partial charge on any atom is -0.308 e. The van der Waals surface area contributed by atoms with Crippen LogP contribution >= 0.6 is 0 Å². The molecule has 0 bridgehead atoms. The molecule has 2 atom stereocenters. The maximum Gasteiger partial charge on any atom is 0.0309 e. The maximum atomic E-state index is 3.90. The average molecular weight is 238 g/mol. The van der Waals surface area contributed by atoms with Gasteiger partial charge in [-0.2, -0.15) is 0 Å². The first-order valence-corrected chi connectivity index (χ1v) is 7.71. The second-order valence-electron chi connectivity index (χ2n) is 6.24. The van der Waals surface area contributed by atoms with Gasteiger partial charge in [0.2, 0.25) is 0 Å². The Kier molecular flexibility index (Phi) is 4.48. The van der Waals surface area contributed by atoms with Gasteiger partial charge in [0, 0.05) is 30.7 Å². The fourth-order valence-electron chi connectivity index (χ4n) is 3.72. The zero-order valence-electron chi connectivity index (χ0n) is 12.0. The summed E-state index contributed by atoms with van der Waals surface area (Å²) in [5.74, 6) is 0. The van der Waals surface area contributed by atoms with Crippen molar-refractivity contribution < 1.29 is 0 Å². The van der Waals surface area contributed by atoms with E-state index in [9.17, 15) is 0 Å². The van der Waals surface area contributed by atoms with Crippen LogP contribution in [0.15, 0.2) is 0 Å². The molecule has 1 N–H and O–H groups in total. The molecule has 1 saturated heterocycles. The van der Waals surface area contributed by atoms with Crippen LogP contribution in [0.25, 0.3) is 0 Å². The van der Waals surface area contributed by atoms with Crippen LogP contribution in [0.3, 0.4) is 0 Å². The van der Waals surface area contributed by atoms with Crippen molar-refractivity contribution in [2.75, 3.05) is 13.1 Å². The van der Waals surface area contributed by atoms with Crippen LogP contribution in [-0.2, 0) is 0 Å².